The van der Waals surface area contributed by atoms with Crippen LogP contribution in [0.2, 0.25) is 0 Å². The Bertz CT molecular complexity index is 379. The number of benzene rings is 1. The van der Waals surface area contributed by atoms with Crippen LogP contribution >= 0.6 is 0 Å². The molecule has 2 N–H and O–H groups in total. The lowest BCUT2D eigenvalue weighted by molar-refractivity contribution is -0.119. The van der Waals surface area contributed by atoms with Gasteiger partial charge in [0, 0.05) is 7.05 Å². The summed E-state index contributed by atoms with van der Waals surface area (Å²) in [5.74, 6) is 0.586. The molecule has 0 aromatic heterocycles. The van der Waals surface area contributed by atoms with Gasteiger partial charge in [-0.15, -0.1) is 0 Å². The molecule has 0 aliphatic carbocycles. The zero-order chi connectivity index (χ0) is 12.8. The average Bonchev–Trinajstić information content (AvgIpc) is 2.37. The second-order valence-electron chi connectivity index (χ2n) is 3.96. The van der Waals surface area contributed by atoms with Crippen LogP contribution in [0.1, 0.15) is 19.8 Å². The molecule has 0 aliphatic rings. The van der Waals surface area contributed by atoms with Gasteiger partial charge in [0.05, 0.1) is 18.8 Å². The highest BCUT2D eigenvalue weighted by atomic mass is 16.5. The highest BCUT2D eigenvalue weighted by Crippen LogP contribution is 2.26. The monoisotopic (exact) mass is 236 g/mol. The molecule has 0 spiro atoms. The van der Waals surface area contributed by atoms with Crippen molar-refractivity contribution in [1.29, 1.82) is 0 Å². The minimum atomic E-state index is -0.449. The molecule has 0 bridgehead atoms. The lowest BCUT2D eigenvalue weighted by Gasteiger charge is -2.22. The van der Waals surface area contributed by atoms with Crippen molar-refractivity contribution >= 4 is 11.6 Å². The number of nitrogens with zero attached hydrogens (tertiary/aromatic N) is 1. The number of ether oxygens (including phenoxy) is 1. The standard InChI is InChI=1S/C13H20N2O2/c1-4-7-10(14)13(16)15(2)11-8-5-6-9-12(11)17-3/h5-6,8-10H,4,7,14H2,1-3H3/t10-/m1/s1. The van der Waals surface area contributed by atoms with Crippen LogP contribution in [-0.4, -0.2) is 26.1 Å². The molecule has 4 heteroatoms. The van der Waals surface area contributed by atoms with Gasteiger partial charge in [0.2, 0.25) is 5.91 Å². The van der Waals surface area contributed by atoms with E-state index in [1.165, 1.54) is 0 Å². The van der Waals surface area contributed by atoms with Gasteiger partial charge in [-0.2, -0.15) is 0 Å². The molecule has 94 valence electrons. The normalized spacial score (nSPS) is 12.0. The minimum Gasteiger partial charge on any atom is -0.495 e. The van der Waals surface area contributed by atoms with Gasteiger partial charge < -0.3 is 15.4 Å². The van der Waals surface area contributed by atoms with Gasteiger partial charge in [-0.05, 0) is 18.6 Å². The van der Waals surface area contributed by atoms with E-state index in [9.17, 15) is 4.79 Å². The van der Waals surface area contributed by atoms with Crippen LogP contribution in [0.15, 0.2) is 24.3 Å². The summed E-state index contributed by atoms with van der Waals surface area (Å²) in [5.41, 5.74) is 6.57. The van der Waals surface area contributed by atoms with E-state index in [0.717, 1.165) is 12.1 Å². The van der Waals surface area contributed by atoms with Gasteiger partial charge in [0.25, 0.3) is 0 Å². The van der Waals surface area contributed by atoms with Crippen molar-refractivity contribution in [2.75, 3.05) is 19.1 Å². The Hall–Kier alpha value is -1.55. The summed E-state index contributed by atoms with van der Waals surface area (Å²) >= 11 is 0. The first-order valence-corrected chi connectivity index (χ1v) is 5.78. The fourth-order valence-corrected chi connectivity index (χ4v) is 1.71. The Morgan fingerprint density at radius 2 is 2.12 bits per heavy atom. The molecule has 0 heterocycles. The maximum Gasteiger partial charge on any atom is 0.243 e. The number of carbonyl (C=O) groups is 1. The summed E-state index contributed by atoms with van der Waals surface area (Å²) in [6, 6.07) is 6.95. The molecular weight excluding hydrogens is 216 g/mol. The Kier molecular flexibility index (Phi) is 4.97. The number of para-hydroxylation sites is 2. The molecule has 1 aromatic rings. The van der Waals surface area contributed by atoms with Crippen LogP contribution < -0.4 is 15.4 Å². The van der Waals surface area contributed by atoms with Gasteiger partial charge in [-0.3, -0.25) is 4.79 Å². The Morgan fingerprint density at radius 3 is 2.71 bits per heavy atom. The fourth-order valence-electron chi connectivity index (χ4n) is 1.71. The molecule has 0 saturated heterocycles. The summed E-state index contributed by atoms with van der Waals surface area (Å²) in [7, 11) is 3.30. The van der Waals surface area contributed by atoms with Crippen molar-refractivity contribution in [2.45, 2.75) is 25.8 Å². The smallest absolute Gasteiger partial charge is 0.243 e. The molecule has 0 unspecified atom stereocenters. The number of likely N-dealkylation sites (N-methyl/N-ethyl adjacent to an activating group) is 1. The van der Waals surface area contributed by atoms with Crippen molar-refractivity contribution in [3.8, 4) is 5.75 Å². The van der Waals surface area contributed by atoms with E-state index in [2.05, 4.69) is 0 Å². The van der Waals surface area contributed by atoms with E-state index in [1.54, 1.807) is 19.1 Å². The van der Waals surface area contributed by atoms with Crippen LogP contribution in [0.3, 0.4) is 0 Å². The van der Waals surface area contributed by atoms with Gasteiger partial charge in [-0.25, -0.2) is 0 Å². The van der Waals surface area contributed by atoms with E-state index in [4.69, 9.17) is 10.5 Å². The number of carbonyl (C=O) groups excluding carboxylic acids is 1. The predicted molar refractivity (Wildman–Crippen MR) is 69.3 cm³/mol. The first-order chi connectivity index (χ1) is 8.11. The number of methoxy groups -OCH3 is 1. The molecule has 1 atom stereocenters. The van der Waals surface area contributed by atoms with E-state index in [0.29, 0.717) is 12.2 Å². The summed E-state index contributed by atoms with van der Waals surface area (Å²) in [4.78, 5) is 13.6. The molecule has 0 saturated carbocycles. The molecular formula is C13H20N2O2. The number of anilines is 1. The van der Waals surface area contributed by atoms with Gasteiger partial charge >= 0.3 is 0 Å². The molecule has 1 rings (SSSR count). The lowest BCUT2D eigenvalue weighted by Crippen LogP contribution is -2.41. The van der Waals surface area contributed by atoms with Crippen LogP contribution in [-0.2, 0) is 4.79 Å². The van der Waals surface area contributed by atoms with Crippen LogP contribution in [0, 0.1) is 0 Å². The van der Waals surface area contributed by atoms with Crippen molar-refractivity contribution in [3.05, 3.63) is 24.3 Å². The van der Waals surface area contributed by atoms with E-state index in [1.807, 2.05) is 31.2 Å². The van der Waals surface area contributed by atoms with E-state index in [-0.39, 0.29) is 5.91 Å². The molecule has 0 radical (unpaired) electrons. The number of hydrogen-bond acceptors (Lipinski definition) is 3. The maximum absolute atomic E-state index is 12.0. The third kappa shape index (κ3) is 3.20. The topological polar surface area (TPSA) is 55.6 Å². The molecule has 0 aliphatic heterocycles. The molecule has 17 heavy (non-hydrogen) atoms. The largest absolute Gasteiger partial charge is 0.495 e. The average molecular weight is 236 g/mol. The number of rotatable bonds is 5. The highest BCUT2D eigenvalue weighted by Gasteiger charge is 2.20. The Balaban J connectivity index is 2.88. The predicted octanol–water partition coefficient (Wildman–Crippen LogP) is 1.79. The summed E-state index contributed by atoms with van der Waals surface area (Å²) in [5, 5.41) is 0. The van der Waals surface area contributed by atoms with Crippen LogP contribution in [0.4, 0.5) is 5.69 Å². The van der Waals surface area contributed by atoms with E-state index < -0.39 is 6.04 Å². The molecule has 4 nitrogen and oxygen atoms in total. The Labute approximate surface area is 102 Å². The first-order valence-electron chi connectivity index (χ1n) is 5.78. The number of amides is 1. The summed E-state index contributed by atoms with van der Waals surface area (Å²) in [6.45, 7) is 2.01. The molecule has 0 fully saturated rings. The fraction of sp³-hybridized carbons (Fsp3) is 0.462. The van der Waals surface area contributed by atoms with Crippen molar-refractivity contribution in [2.24, 2.45) is 5.73 Å². The molecule has 1 amide bonds. The zero-order valence-electron chi connectivity index (χ0n) is 10.6. The maximum atomic E-state index is 12.0. The third-order valence-electron chi connectivity index (χ3n) is 2.69. The van der Waals surface area contributed by atoms with E-state index >= 15 is 0 Å². The first kappa shape index (κ1) is 13.5. The quantitative estimate of drug-likeness (QED) is 0.848. The highest BCUT2D eigenvalue weighted by molar-refractivity contribution is 5.97. The summed E-state index contributed by atoms with van der Waals surface area (Å²) in [6.07, 6.45) is 1.59. The SMILES string of the molecule is CCC[C@@H](N)C(=O)N(C)c1ccccc1OC. The van der Waals surface area contributed by atoms with Crippen molar-refractivity contribution in [1.82, 2.24) is 0 Å². The lowest BCUT2D eigenvalue weighted by atomic mass is 10.1. The molecule has 1 aromatic carbocycles. The van der Waals surface area contributed by atoms with Crippen molar-refractivity contribution in [3.63, 3.8) is 0 Å². The summed E-state index contributed by atoms with van der Waals surface area (Å²) < 4.78 is 5.22. The zero-order valence-corrected chi connectivity index (χ0v) is 10.6. The van der Waals surface area contributed by atoms with Gasteiger partial charge in [0.15, 0.2) is 0 Å². The van der Waals surface area contributed by atoms with Gasteiger partial charge in [0.1, 0.15) is 5.75 Å². The second kappa shape index (κ2) is 6.25. The minimum absolute atomic E-state index is 0.0867. The second-order valence-corrected chi connectivity index (χ2v) is 3.96. The van der Waals surface area contributed by atoms with Gasteiger partial charge in [-0.1, -0.05) is 25.5 Å². The third-order valence-corrected chi connectivity index (χ3v) is 2.69. The number of hydrogen-bond donors (Lipinski definition) is 1. The Morgan fingerprint density at radius 1 is 1.47 bits per heavy atom. The van der Waals surface area contributed by atoms with Crippen LogP contribution in [0.25, 0.3) is 0 Å². The van der Waals surface area contributed by atoms with Crippen molar-refractivity contribution < 1.29 is 9.53 Å². The number of nitrogens with two attached hydrogens (primary N) is 1. The van der Waals surface area contributed by atoms with Crippen LogP contribution in [0.5, 0.6) is 5.75 Å².